The quantitative estimate of drug-likeness (QED) is 0.903. The number of fused-ring (bicyclic) bond motifs is 1. The van der Waals surface area contributed by atoms with Crippen molar-refractivity contribution in [3.63, 3.8) is 0 Å². The van der Waals surface area contributed by atoms with Crippen LogP contribution in [-0.4, -0.2) is 29.9 Å². The SMILES string of the molecule is Cl.NC1CCC2CN(C(=O)c3ccc(-c4ccccc4F)o3)CC12. The van der Waals surface area contributed by atoms with E-state index in [0.717, 1.165) is 19.4 Å². The molecule has 1 aliphatic heterocycles. The number of rotatable bonds is 2. The van der Waals surface area contributed by atoms with Gasteiger partial charge in [-0.1, -0.05) is 12.1 Å². The molecule has 0 radical (unpaired) electrons. The third kappa shape index (κ3) is 2.82. The Balaban J connectivity index is 0.00000169. The fourth-order valence-electron chi connectivity index (χ4n) is 3.89. The molecule has 6 heteroatoms. The highest BCUT2D eigenvalue weighted by molar-refractivity contribution is 5.92. The van der Waals surface area contributed by atoms with E-state index in [9.17, 15) is 9.18 Å². The lowest BCUT2D eigenvalue weighted by molar-refractivity contribution is 0.0749. The molecule has 24 heavy (non-hydrogen) atoms. The van der Waals surface area contributed by atoms with E-state index in [1.165, 1.54) is 6.07 Å². The van der Waals surface area contributed by atoms with Crippen LogP contribution >= 0.6 is 12.4 Å². The molecular weight excluding hydrogens is 331 g/mol. The highest BCUT2D eigenvalue weighted by Crippen LogP contribution is 2.38. The number of halogens is 2. The highest BCUT2D eigenvalue weighted by Gasteiger charge is 2.43. The van der Waals surface area contributed by atoms with Gasteiger partial charge in [-0.15, -0.1) is 12.4 Å². The molecule has 0 spiro atoms. The van der Waals surface area contributed by atoms with Crippen molar-refractivity contribution in [2.45, 2.75) is 18.9 Å². The predicted octanol–water partition coefficient (Wildman–Crippen LogP) is 3.32. The van der Waals surface area contributed by atoms with E-state index in [1.54, 1.807) is 30.3 Å². The fourth-order valence-corrected chi connectivity index (χ4v) is 3.89. The van der Waals surface area contributed by atoms with Crippen molar-refractivity contribution in [1.29, 1.82) is 0 Å². The summed E-state index contributed by atoms with van der Waals surface area (Å²) in [5.41, 5.74) is 6.48. The third-order valence-electron chi connectivity index (χ3n) is 5.16. The van der Waals surface area contributed by atoms with Gasteiger partial charge in [0.25, 0.3) is 5.91 Å². The highest BCUT2D eigenvalue weighted by atomic mass is 35.5. The monoisotopic (exact) mass is 350 g/mol. The van der Waals surface area contributed by atoms with Crippen LogP contribution in [0.5, 0.6) is 0 Å². The minimum atomic E-state index is -0.359. The smallest absolute Gasteiger partial charge is 0.289 e. The molecular formula is C18H20ClFN2O2. The number of furan rings is 1. The summed E-state index contributed by atoms with van der Waals surface area (Å²) in [6.07, 6.45) is 2.14. The summed E-state index contributed by atoms with van der Waals surface area (Å²) in [4.78, 5) is 14.4. The summed E-state index contributed by atoms with van der Waals surface area (Å²) in [6, 6.07) is 9.85. The minimum Gasteiger partial charge on any atom is -0.451 e. The Bertz CT molecular complexity index is 748. The zero-order chi connectivity index (χ0) is 16.0. The Hall–Kier alpha value is -1.85. The van der Waals surface area contributed by atoms with Crippen LogP contribution < -0.4 is 5.73 Å². The molecule has 2 fully saturated rings. The number of carbonyl (C=O) groups is 1. The van der Waals surface area contributed by atoms with Gasteiger partial charge in [0.2, 0.25) is 0 Å². The summed E-state index contributed by atoms with van der Waals surface area (Å²) in [5, 5.41) is 0. The van der Waals surface area contributed by atoms with Crippen molar-refractivity contribution < 1.29 is 13.6 Å². The second-order valence-corrected chi connectivity index (χ2v) is 6.52. The molecule has 1 aromatic carbocycles. The Morgan fingerprint density at radius 3 is 2.71 bits per heavy atom. The topological polar surface area (TPSA) is 59.5 Å². The lowest BCUT2D eigenvalue weighted by Crippen LogP contribution is -2.33. The average molecular weight is 351 g/mol. The number of amides is 1. The largest absolute Gasteiger partial charge is 0.451 e. The Kier molecular flexibility index (Phi) is 4.65. The van der Waals surface area contributed by atoms with Crippen LogP contribution in [0.3, 0.4) is 0 Å². The van der Waals surface area contributed by atoms with Crippen molar-refractivity contribution in [2.75, 3.05) is 13.1 Å². The van der Waals surface area contributed by atoms with E-state index in [2.05, 4.69) is 0 Å². The van der Waals surface area contributed by atoms with Crippen molar-refractivity contribution in [3.05, 3.63) is 48.0 Å². The second-order valence-electron chi connectivity index (χ2n) is 6.52. The van der Waals surface area contributed by atoms with Crippen LogP contribution in [-0.2, 0) is 0 Å². The molecule has 3 atom stereocenters. The van der Waals surface area contributed by atoms with Gasteiger partial charge in [-0.05, 0) is 48.9 Å². The van der Waals surface area contributed by atoms with Crippen LogP contribution in [0.1, 0.15) is 23.4 Å². The van der Waals surface area contributed by atoms with Gasteiger partial charge in [-0.2, -0.15) is 0 Å². The number of nitrogens with zero attached hydrogens (tertiary/aromatic N) is 1. The molecule has 2 heterocycles. The van der Waals surface area contributed by atoms with Crippen LogP contribution in [0.2, 0.25) is 0 Å². The first-order valence-corrected chi connectivity index (χ1v) is 8.03. The second kappa shape index (κ2) is 6.57. The molecule has 1 aromatic heterocycles. The van der Waals surface area contributed by atoms with Crippen LogP contribution in [0.4, 0.5) is 4.39 Å². The van der Waals surface area contributed by atoms with Crippen LogP contribution in [0, 0.1) is 17.7 Å². The molecule has 2 N–H and O–H groups in total. The first kappa shape index (κ1) is 17.0. The van der Waals surface area contributed by atoms with E-state index < -0.39 is 0 Å². The van der Waals surface area contributed by atoms with Gasteiger partial charge >= 0.3 is 0 Å². The number of carbonyl (C=O) groups excluding carboxylic acids is 1. The molecule has 2 aromatic rings. The van der Waals surface area contributed by atoms with E-state index >= 15 is 0 Å². The lowest BCUT2D eigenvalue weighted by atomic mass is 9.98. The third-order valence-corrected chi connectivity index (χ3v) is 5.16. The molecule has 4 nitrogen and oxygen atoms in total. The molecule has 4 rings (SSSR count). The van der Waals surface area contributed by atoms with Crippen LogP contribution in [0.25, 0.3) is 11.3 Å². The zero-order valence-electron chi connectivity index (χ0n) is 13.2. The summed E-state index contributed by atoms with van der Waals surface area (Å²) < 4.78 is 19.4. The van der Waals surface area contributed by atoms with Gasteiger partial charge in [0.05, 0.1) is 5.56 Å². The molecule has 3 unspecified atom stereocenters. The van der Waals surface area contributed by atoms with E-state index in [4.69, 9.17) is 10.2 Å². The lowest BCUT2D eigenvalue weighted by Gasteiger charge is -2.17. The Morgan fingerprint density at radius 2 is 1.96 bits per heavy atom. The minimum absolute atomic E-state index is 0. The Morgan fingerprint density at radius 1 is 1.17 bits per heavy atom. The van der Waals surface area contributed by atoms with Gasteiger partial charge in [0.15, 0.2) is 5.76 Å². The number of likely N-dealkylation sites (tertiary alicyclic amines) is 1. The number of hydrogen-bond acceptors (Lipinski definition) is 3. The van der Waals surface area contributed by atoms with Crippen molar-refractivity contribution in [3.8, 4) is 11.3 Å². The van der Waals surface area contributed by atoms with Crippen molar-refractivity contribution in [2.24, 2.45) is 17.6 Å². The van der Waals surface area contributed by atoms with Gasteiger partial charge in [0.1, 0.15) is 11.6 Å². The summed E-state index contributed by atoms with van der Waals surface area (Å²) >= 11 is 0. The molecule has 1 amide bonds. The standard InChI is InChI=1S/C18H19FN2O2.ClH/c19-14-4-2-1-3-12(14)16-7-8-17(23-16)18(22)21-9-11-5-6-15(20)13(11)10-21;/h1-4,7-8,11,13,15H,5-6,9-10,20H2;1H. The number of nitrogens with two attached hydrogens (primary N) is 1. The molecule has 2 aliphatic rings. The van der Waals surface area contributed by atoms with Crippen molar-refractivity contribution in [1.82, 2.24) is 4.90 Å². The maximum absolute atomic E-state index is 13.8. The average Bonchev–Trinajstić information content (AvgIpc) is 3.25. The van der Waals surface area contributed by atoms with E-state index in [0.29, 0.717) is 29.7 Å². The van der Waals surface area contributed by atoms with Gasteiger partial charge in [-0.25, -0.2) is 4.39 Å². The first-order chi connectivity index (χ1) is 11.1. The molecule has 1 aliphatic carbocycles. The molecule has 1 saturated heterocycles. The van der Waals surface area contributed by atoms with Gasteiger partial charge in [0, 0.05) is 19.1 Å². The summed E-state index contributed by atoms with van der Waals surface area (Å²) in [5.74, 6) is 1.06. The normalized spacial score (nSPS) is 25.4. The first-order valence-electron chi connectivity index (χ1n) is 8.03. The fraction of sp³-hybridized carbons (Fsp3) is 0.389. The van der Waals surface area contributed by atoms with Gasteiger partial charge < -0.3 is 15.1 Å². The van der Waals surface area contributed by atoms with E-state index in [-0.39, 0.29) is 35.9 Å². The van der Waals surface area contributed by atoms with Crippen LogP contribution in [0.15, 0.2) is 40.8 Å². The predicted molar refractivity (Wildman–Crippen MR) is 91.4 cm³/mol. The molecule has 128 valence electrons. The number of hydrogen-bond donors (Lipinski definition) is 1. The summed E-state index contributed by atoms with van der Waals surface area (Å²) in [6.45, 7) is 1.44. The van der Waals surface area contributed by atoms with Gasteiger partial charge in [-0.3, -0.25) is 4.79 Å². The maximum atomic E-state index is 13.8. The molecule has 0 bridgehead atoms. The zero-order valence-corrected chi connectivity index (χ0v) is 14.0. The van der Waals surface area contributed by atoms with Crippen molar-refractivity contribution >= 4 is 18.3 Å². The summed E-state index contributed by atoms with van der Waals surface area (Å²) in [7, 11) is 0. The number of benzene rings is 1. The Labute approximate surface area is 146 Å². The molecule has 1 saturated carbocycles. The maximum Gasteiger partial charge on any atom is 0.289 e. The van der Waals surface area contributed by atoms with E-state index in [1.807, 2.05) is 4.90 Å².